The molecule has 1 aromatic rings. The van der Waals surface area contributed by atoms with E-state index in [-0.39, 0.29) is 11.4 Å². The fourth-order valence-corrected chi connectivity index (χ4v) is 3.26. The Morgan fingerprint density at radius 1 is 1.24 bits per heavy atom. The third-order valence-corrected chi connectivity index (χ3v) is 4.84. The normalized spacial score (nSPS) is 17.2. The molecule has 1 fully saturated rings. The minimum atomic E-state index is -0.323. The van der Waals surface area contributed by atoms with Crippen LogP contribution < -0.4 is 4.74 Å². The quantitative estimate of drug-likeness (QED) is 0.634. The van der Waals surface area contributed by atoms with Crippen LogP contribution in [0, 0.1) is 5.41 Å². The molecule has 0 radical (unpaired) electrons. The minimum Gasteiger partial charge on any atom is -0.492 e. The Kier molecular flexibility index (Phi) is 5.97. The summed E-state index contributed by atoms with van der Waals surface area (Å²) in [6, 6.07) is 7.29. The number of esters is 1. The van der Waals surface area contributed by atoms with Crippen LogP contribution in [0.25, 0.3) is 0 Å². The van der Waals surface area contributed by atoms with Crippen molar-refractivity contribution in [3.8, 4) is 5.75 Å². The van der Waals surface area contributed by atoms with E-state index in [1.54, 1.807) is 13.0 Å². The van der Waals surface area contributed by atoms with Gasteiger partial charge in [-0.05, 0) is 37.7 Å². The number of rotatable bonds is 6. The van der Waals surface area contributed by atoms with Gasteiger partial charge >= 0.3 is 5.97 Å². The fourth-order valence-electron chi connectivity index (χ4n) is 2.85. The van der Waals surface area contributed by atoms with Gasteiger partial charge in [0.15, 0.2) is 0 Å². The van der Waals surface area contributed by atoms with Crippen molar-refractivity contribution < 1.29 is 14.3 Å². The summed E-state index contributed by atoms with van der Waals surface area (Å²) in [4.78, 5) is 11.9. The molecule has 0 spiro atoms. The topological polar surface area (TPSA) is 35.5 Å². The van der Waals surface area contributed by atoms with Crippen molar-refractivity contribution >= 4 is 18.6 Å². The van der Waals surface area contributed by atoms with Crippen molar-refractivity contribution in [2.75, 3.05) is 19.0 Å². The number of benzene rings is 1. The van der Waals surface area contributed by atoms with Crippen LogP contribution in [0.15, 0.2) is 24.3 Å². The number of thiol groups is 1. The van der Waals surface area contributed by atoms with E-state index in [1.165, 1.54) is 19.3 Å². The first-order chi connectivity index (χ1) is 10.2. The third-order valence-electron chi connectivity index (χ3n) is 4.17. The molecule has 0 aromatic heterocycles. The van der Waals surface area contributed by atoms with Gasteiger partial charge in [0.05, 0.1) is 13.2 Å². The van der Waals surface area contributed by atoms with Gasteiger partial charge in [-0.3, -0.25) is 0 Å². The van der Waals surface area contributed by atoms with E-state index in [9.17, 15) is 4.79 Å². The lowest BCUT2D eigenvalue weighted by Crippen LogP contribution is -2.33. The first kappa shape index (κ1) is 16.2. The Morgan fingerprint density at radius 2 is 1.95 bits per heavy atom. The molecule has 0 atom stereocenters. The predicted molar refractivity (Wildman–Crippen MR) is 87.3 cm³/mol. The Hall–Kier alpha value is -1.16. The minimum absolute atomic E-state index is 0.142. The number of hydrogen-bond donors (Lipinski definition) is 1. The highest BCUT2D eigenvalue weighted by atomic mass is 32.1. The molecule has 21 heavy (non-hydrogen) atoms. The molecule has 0 amide bonds. The number of hydrogen-bond acceptors (Lipinski definition) is 4. The van der Waals surface area contributed by atoms with E-state index in [0.29, 0.717) is 24.5 Å². The zero-order chi connectivity index (χ0) is 15.1. The lowest BCUT2D eigenvalue weighted by Gasteiger charge is -2.35. The zero-order valence-corrected chi connectivity index (χ0v) is 13.5. The van der Waals surface area contributed by atoms with Gasteiger partial charge in [0.1, 0.15) is 11.3 Å². The molecule has 116 valence electrons. The third kappa shape index (κ3) is 4.16. The lowest BCUT2D eigenvalue weighted by molar-refractivity contribution is 0.0516. The SMILES string of the molecule is CCOC(=O)c1ccccc1OCC1(CS)CCCCC1. The lowest BCUT2D eigenvalue weighted by atomic mass is 9.76. The smallest absolute Gasteiger partial charge is 0.341 e. The molecular formula is C17H24O3S. The molecule has 0 aliphatic heterocycles. The van der Waals surface area contributed by atoms with E-state index in [2.05, 4.69) is 12.6 Å². The monoisotopic (exact) mass is 308 g/mol. The molecule has 1 aromatic carbocycles. The first-order valence-corrected chi connectivity index (χ1v) is 8.34. The predicted octanol–water partition coefficient (Wildman–Crippen LogP) is 4.12. The van der Waals surface area contributed by atoms with Crippen molar-refractivity contribution in [1.29, 1.82) is 0 Å². The summed E-state index contributed by atoms with van der Waals surface area (Å²) in [5.74, 6) is 1.12. The summed E-state index contributed by atoms with van der Waals surface area (Å²) < 4.78 is 11.1. The van der Waals surface area contributed by atoms with Gasteiger partial charge in [0.2, 0.25) is 0 Å². The molecule has 4 heteroatoms. The Bertz CT molecular complexity index is 467. The maximum absolute atomic E-state index is 11.9. The van der Waals surface area contributed by atoms with Gasteiger partial charge in [0, 0.05) is 5.41 Å². The molecule has 0 heterocycles. The molecule has 1 aliphatic carbocycles. The summed E-state index contributed by atoms with van der Waals surface area (Å²) in [5, 5.41) is 0. The molecule has 2 rings (SSSR count). The Morgan fingerprint density at radius 3 is 2.62 bits per heavy atom. The maximum atomic E-state index is 11.9. The van der Waals surface area contributed by atoms with Crippen molar-refractivity contribution in [1.82, 2.24) is 0 Å². The molecule has 0 unspecified atom stereocenters. The van der Waals surface area contributed by atoms with Crippen molar-refractivity contribution in [3.05, 3.63) is 29.8 Å². The van der Waals surface area contributed by atoms with Crippen LogP contribution in [-0.4, -0.2) is 24.9 Å². The number of carbonyl (C=O) groups is 1. The van der Waals surface area contributed by atoms with Gasteiger partial charge in [-0.25, -0.2) is 4.79 Å². The Balaban J connectivity index is 2.07. The van der Waals surface area contributed by atoms with E-state index in [1.807, 2.05) is 18.2 Å². The standard InChI is InChI=1S/C17H24O3S/c1-2-19-16(18)14-8-4-5-9-15(14)20-12-17(13-21)10-6-3-7-11-17/h4-5,8-9,21H,2-3,6-7,10-13H2,1H3. The van der Waals surface area contributed by atoms with E-state index in [4.69, 9.17) is 9.47 Å². The average Bonchev–Trinajstić information content (AvgIpc) is 2.54. The molecule has 0 bridgehead atoms. The van der Waals surface area contributed by atoms with Crippen molar-refractivity contribution in [3.63, 3.8) is 0 Å². The second-order valence-corrected chi connectivity index (χ2v) is 6.04. The van der Waals surface area contributed by atoms with E-state index >= 15 is 0 Å². The zero-order valence-electron chi connectivity index (χ0n) is 12.6. The fraction of sp³-hybridized carbons (Fsp3) is 0.588. The summed E-state index contributed by atoms with van der Waals surface area (Å²) in [6.07, 6.45) is 6.08. The number of para-hydroxylation sites is 1. The summed E-state index contributed by atoms with van der Waals surface area (Å²) in [6.45, 7) is 2.79. The highest BCUT2D eigenvalue weighted by Gasteiger charge is 2.32. The molecular weight excluding hydrogens is 284 g/mol. The van der Waals surface area contributed by atoms with E-state index < -0.39 is 0 Å². The van der Waals surface area contributed by atoms with Crippen molar-refractivity contribution in [2.24, 2.45) is 5.41 Å². The van der Waals surface area contributed by atoms with Gasteiger partial charge in [0.25, 0.3) is 0 Å². The molecule has 0 N–H and O–H groups in total. The van der Waals surface area contributed by atoms with Crippen LogP contribution in [0.3, 0.4) is 0 Å². The molecule has 1 saturated carbocycles. The van der Waals surface area contributed by atoms with Gasteiger partial charge in [-0.2, -0.15) is 12.6 Å². The average molecular weight is 308 g/mol. The largest absolute Gasteiger partial charge is 0.492 e. The highest BCUT2D eigenvalue weighted by Crippen LogP contribution is 2.38. The van der Waals surface area contributed by atoms with Gasteiger partial charge in [-0.15, -0.1) is 0 Å². The second kappa shape index (κ2) is 7.74. The molecule has 1 aliphatic rings. The first-order valence-electron chi connectivity index (χ1n) is 7.70. The van der Waals surface area contributed by atoms with E-state index in [0.717, 1.165) is 18.6 Å². The van der Waals surface area contributed by atoms with Crippen LogP contribution in [0.4, 0.5) is 0 Å². The van der Waals surface area contributed by atoms with Crippen LogP contribution in [0.2, 0.25) is 0 Å². The maximum Gasteiger partial charge on any atom is 0.341 e. The van der Waals surface area contributed by atoms with Gasteiger partial charge < -0.3 is 9.47 Å². The van der Waals surface area contributed by atoms with Crippen LogP contribution >= 0.6 is 12.6 Å². The summed E-state index contributed by atoms with van der Waals surface area (Å²) in [5.41, 5.74) is 0.646. The van der Waals surface area contributed by atoms with Crippen LogP contribution in [0.1, 0.15) is 49.4 Å². The molecule has 3 nitrogen and oxygen atoms in total. The molecule has 0 saturated heterocycles. The van der Waals surface area contributed by atoms with Gasteiger partial charge in [-0.1, -0.05) is 31.4 Å². The van der Waals surface area contributed by atoms with Crippen LogP contribution in [-0.2, 0) is 4.74 Å². The van der Waals surface area contributed by atoms with Crippen molar-refractivity contribution in [2.45, 2.75) is 39.0 Å². The number of ether oxygens (including phenoxy) is 2. The second-order valence-electron chi connectivity index (χ2n) is 5.72. The number of carbonyl (C=O) groups excluding carboxylic acids is 1. The summed E-state index contributed by atoms with van der Waals surface area (Å²) in [7, 11) is 0. The Labute approximate surface area is 132 Å². The van der Waals surface area contributed by atoms with Crippen LogP contribution in [0.5, 0.6) is 5.75 Å². The highest BCUT2D eigenvalue weighted by molar-refractivity contribution is 7.80. The summed E-state index contributed by atoms with van der Waals surface area (Å²) >= 11 is 4.52.